The fourth-order valence-electron chi connectivity index (χ4n) is 1.24. The molecule has 0 bridgehead atoms. The number of nitrogens with one attached hydrogen (secondary N) is 2. The van der Waals surface area contributed by atoms with Crippen molar-refractivity contribution in [2.24, 2.45) is 0 Å². The van der Waals surface area contributed by atoms with Gasteiger partial charge < -0.3 is 15.4 Å². The molecule has 0 saturated heterocycles. The third-order valence-corrected chi connectivity index (χ3v) is 2.02. The predicted octanol–water partition coefficient (Wildman–Crippen LogP) is 1.64. The summed E-state index contributed by atoms with van der Waals surface area (Å²) in [5.74, 6) is 0. The maximum atomic E-state index is 11.7. The van der Waals surface area contributed by atoms with E-state index in [9.17, 15) is 8.78 Å². The van der Waals surface area contributed by atoms with E-state index in [1.807, 2.05) is 0 Å². The van der Waals surface area contributed by atoms with E-state index in [0.717, 1.165) is 45.4 Å². The number of ether oxygens (including phenoxy) is 1. The Morgan fingerprint density at radius 1 is 1.00 bits per heavy atom. The summed E-state index contributed by atoms with van der Waals surface area (Å²) in [6, 6.07) is 0. The first-order chi connectivity index (χ1) is 7.77. The average molecular weight is 238 g/mol. The van der Waals surface area contributed by atoms with E-state index in [4.69, 9.17) is 4.74 Å². The maximum Gasteiger partial charge on any atom is 0.261 e. The van der Waals surface area contributed by atoms with Gasteiger partial charge in [-0.15, -0.1) is 0 Å². The van der Waals surface area contributed by atoms with Crippen LogP contribution in [0.5, 0.6) is 0 Å². The summed E-state index contributed by atoms with van der Waals surface area (Å²) in [7, 11) is 0. The van der Waals surface area contributed by atoms with E-state index in [1.54, 1.807) is 0 Å². The van der Waals surface area contributed by atoms with Crippen LogP contribution in [0.3, 0.4) is 0 Å². The number of halogens is 2. The van der Waals surface area contributed by atoms with Crippen LogP contribution in [-0.2, 0) is 4.74 Å². The van der Waals surface area contributed by atoms with Crippen LogP contribution in [0, 0.1) is 0 Å². The molecule has 0 spiro atoms. The first kappa shape index (κ1) is 15.7. The molecule has 0 radical (unpaired) electrons. The normalized spacial score (nSPS) is 11.2. The summed E-state index contributed by atoms with van der Waals surface area (Å²) in [6.45, 7) is 6.00. The molecule has 0 unspecified atom stereocenters. The van der Waals surface area contributed by atoms with Gasteiger partial charge in [0.1, 0.15) is 6.61 Å². The molecule has 0 aliphatic heterocycles. The molecule has 0 saturated carbocycles. The van der Waals surface area contributed by atoms with Crippen LogP contribution in [0.4, 0.5) is 8.78 Å². The van der Waals surface area contributed by atoms with Crippen molar-refractivity contribution in [2.45, 2.75) is 32.6 Å². The van der Waals surface area contributed by atoms with Gasteiger partial charge in [0.15, 0.2) is 0 Å². The minimum Gasteiger partial charge on any atom is -0.375 e. The number of hydrogen-bond acceptors (Lipinski definition) is 3. The zero-order valence-electron chi connectivity index (χ0n) is 10.1. The third-order valence-electron chi connectivity index (χ3n) is 2.02. The van der Waals surface area contributed by atoms with Crippen molar-refractivity contribution in [1.82, 2.24) is 10.6 Å². The first-order valence-electron chi connectivity index (χ1n) is 6.04. The highest BCUT2D eigenvalue weighted by Crippen LogP contribution is 1.92. The zero-order valence-corrected chi connectivity index (χ0v) is 10.1. The van der Waals surface area contributed by atoms with Crippen molar-refractivity contribution in [3.8, 4) is 0 Å². The lowest BCUT2D eigenvalue weighted by atomic mass is 10.3. The molecule has 5 heteroatoms. The van der Waals surface area contributed by atoms with Crippen LogP contribution >= 0.6 is 0 Å². The molecule has 2 N–H and O–H groups in total. The largest absolute Gasteiger partial charge is 0.375 e. The fourth-order valence-corrected chi connectivity index (χ4v) is 1.24. The molecule has 0 heterocycles. The second-order valence-corrected chi connectivity index (χ2v) is 3.67. The second kappa shape index (κ2) is 12.8. The Morgan fingerprint density at radius 2 is 1.62 bits per heavy atom. The van der Waals surface area contributed by atoms with E-state index in [1.165, 1.54) is 0 Å². The summed E-state index contributed by atoms with van der Waals surface area (Å²) in [6.07, 6.45) is 0.694. The van der Waals surface area contributed by atoms with E-state index in [0.29, 0.717) is 6.61 Å². The Labute approximate surface area is 96.9 Å². The molecule has 98 valence electrons. The quantitative estimate of drug-likeness (QED) is 0.507. The minimum atomic E-state index is -2.35. The minimum absolute atomic E-state index is 0.408. The highest BCUT2D eigenvalue weighted by molar-refractivity contribution is 4.51. The van der Waals surface area contributed by atoms with E-state index in [2.05, 4.69) is 17.6 Å². The Hall–Kier alpha value is -0.260. The molecule has 0 rings (SSSR count). The van der Waals surface area contributed by atoms with Crippen molar-refractivity contribution in [1.29, 1.82) is 0 Å². The Bertz CT molecular complexity index is 137. The van der Waals surface area contributed by atoms with Gasteiger partial charge in [-0.25, -0.2) is 8.78 Å². The maximum absolute atomic E-state index is 11.7. The van der Waals surface area contributed by atoms with E-state index < -0.39 is 13.0 Å². The monoisotopic (exact) mass is 238 g/mol. The summed E-state index contributed by atoms with van der Waals surface area (Å²) in [4.78, 5) is 0. The second-order valence-electron chi connectivity index (χ2n) is 3.67. The van der Waals surface area contributed by atoms with Gasteiger partial charge in [0, 0.05) is 6.61 Å². The topological polar surface area (TPSA) is 33.3 Å². The van der Waals surface area contributed by atoms with Gasteiger partial charge in [0.25, 0.3) is 6.43 Å². The molecule has 0 aromatic carbocycles. The van der Waals surface area contributed by atoms with Crippen LogP contribution < -0.4 is 10.6 Å². The van der Waals surface area contributed by atoms with E-state index in [-0.39, 0.29) is 0 Å². The first-order valence-corrected chi connectivity index (χ1v) is 6.04. The molecule has 0 fully saturated rings. The highest BCUT2D eigenvalue weighted by Gasteiger charge is 2.00. The summed E-state index contributed by atoms with van der Waals surface area (Å²) >= 11 is 0. The van der Waals surface area contributed by atoms with Crippen molar-refractivity contribution in [3.05, 3.63) is 0 Å². The van der Waals surface area contributed by atoms with Crippen molar-refractivity contribution >= 4 is 0 Å². The SMILES string of the molecule is CCCNCCCNCCCOCC(F)F. The van der Waals surface area contributed by atoms with Crippen LogP contribution in [-0.4, -0.2) is 45.8 Å². The Morgan fingerprint density at radius 3 is 2.25 bits per heavy atom. The molecule has 0 aromatic heterocycles. The molecule has 0 aliphatic rings. The van der Waals surface area contributed by atoms with Gasteiger partial charge in [0.05, 0.1) is 0 Å². The smallest absolute Gasteiger partial charge is 0.261 e. The van der Waals surface area contributed by atoms with Crippen molar-refractivity contribution in [2.75, 3.05) is 39.4 Å². The Kier molecular flexibility index (Phi) is 12.6. The Balaban J connectivity index is 2.88. The number of rotatable bonds is 12. The van der Waals surface area contributed by atoms with Gasteiger partial charge in [-0.2, -0.15) is 0 Å². The van der Waals surface area contributed by atoms with Gasteiger partial charge >= 0.3 is 0 Å². The van der Waals surface area contributed by atoms with Gasteiger partial charge in [-0.1, -0.05) is 6.92 Å². The van der Waals surface area contributed by atoms with E-state index >= 15 is 0 Å². The number of hydrogen-bond donors (Lipinski definition) is 2. The molecule has 0 aromatic rings. The number of alkyl halides is 2. The molecular formula is C11H24F2N2O. The van der Waals surface area contributed by atoms with Gasteiger partial charge in [0.2, 0.25) is 0 Å². The van der Waals surface area contributed by atoms with Crippen LogP contribution in [0.1, 0.15) is 26.2 Å². The zero-order chi connectivity index (χ0) is 12.1. The molecule has 0 amide bonds. The van der Waals surface area contributed by atoms with Gasteiger partial charge in [-0.3, -0.25) is 0 Å². The molecule has 0 atom stereocenters. The average Bonchev–Trinajstić information content (AvgIpc) is 2.25. The lowest BCUT2D eigenvalue weighted by molar-refractivity contribution is 0.0168. The highest BCUT2D eigenvalue weighted by atomic mass is 19.3. The third kappa shape index (κ3) is 13.7. The molecule has 16 heavy (non-hydrogen) atoms. The van der Waals surface area contributed by atoms with Gasteiger partial charge in [-0.05, 0) is 45.4 Å². The summed E-state index contributed by atoms with van der Waals surface area (Å²) < 4.78 is 28.1. The lowest BCUT2D eigenvalue weighted by Gasteiger charge is -2.06. The molecule has 3 nitrogen and oxygen atoms in total. The van der Waals surface area contributed by atoms with Crippen molar-refractivity contribution < 1.29 is 13.5 Å². The predicted molar refractivity (Wildman–Crippen MR) is 62.1 cm³/mol. The fraction of sp³-hybridized carbons (Fsp3) is 1.00. The van der Waals surface area contributed by atoms with Crippen LogP contribution in [0.25, 0.3) is 0 Å². The molecule has 0 aliphatic carbocycles. The van der Waals surface area contributed by atoms with Crippen LogP contribution in [0.2, 0.25) is 0 Å². The van der Waals surface area contributed by atoms with Crippen molar-refractivity contribution in [3.63, 3.8) is 0 Å². The summed E-state index contributed by atoms with van der Waals surface area (Å²) in [5.41, 5.74) is 0. The lowest BCUT2D eigenvalue weighted by Crippen LogP contribution is -2.23. The molecular weight excluding hydrogens is 214 g/mol. The summed E-state index contributed by atoms with van der Waals surface area (Å²) in [5, 5.41) is 6.55. The standard InChI is InChI=1S/C11H24F2N2O/c1-2-5-14-6-3-7-15-8-4-9-16-10-11(12)13/h11,14-15H,2-10H2,1H3. The van der Waals surface area contributed by atoms with Crippen LogP contribution in [0.15, 0.2) is 0 Å².